The monoisotopic (exact) mass is 231 g/mol. The van der Waals surface area contributed by atoms with Crippen molar-refractivity contribution in [1.82, 2.24) is 5.06 Å². The summed E-state index contributed by atoms with van der Waals surface area (Å²) in [5.41, 5.74) is 0.0430. The van der Waals surface area contributed by atoms with Crippen molar-refractivity contribution >= 4 is 5.91 Å². The molecule has 0 radical (unpaired) electrons. The van der Waals surface area contributed by atoms with Gasteiger partial charge in [-0.2, -0.15) is 0 Å². The van der Waals surface area contributed by atoms with Crippen LogP contribution in [0.15, 0.2) is 18.2 Å². The summed E-state index contributed by atoms with van der Waals surface area (Å²) in [6.45, 7) is 0. The van der Waals surface area contributed by atoms with Crippen molar-refractivity contribution in [3.63, 3.8) is 0 Å². The molecule has 1 rings (SSSR count). The molecule has 0 N–H and O–H groups in total. The van der Waals surface area contributed by atoms with E-state index in [9.17, 15) is 4.79 Å². The number of hydrogen-bond donors (Lipinski definition) is 0. The lowest BCUT2D eigenvalue weighted by atomic mass is 10.2. The molecule has 1 aromatic carbocycles. The zero-order valence-corrected chi connectivity index (χ0v) is 8.81. The summed E-state index contributed by atoms with van der Waals surface area (Å²) < 4.78 is 51.8. The summed E-state index contributed by atoms with van der Waals surface area (Å²) in [7, 11) is -2.98. The molecular formula is C11H15NO4. The molecular weight excluding hydrogens is 210 g/mol. The Bertz CT molecular complexity index is 542. The van der Waals surface area contributed by atoms with E-state index in [1.165, 1.54) is 20.2 Å². The number of nitrogens with zero attached hydrogens (tertiary/aromatic N) is 1. The summed E-state index contributed by atoms with van der Waals surface area (Å²) in [4.78, 5) is 16.7. The van der Waals surface area contributed by atoms with Crippen LogP contribution in [0.2, 0.25) is 0 Å². The van der Waals surface area contributed by atoms with Crippen LogP contribution >= 0.6 is 0 Å². The minimum atomic E-state index is -2.83. The van der Waals surface area contributed by atoms with Crippen LogP contribution in [0.4, 0.5) is 0 Å². The number of methoxy groups -OCH3 is 2. The topological polar surface area (TPSA) is 48.0 Å². The van der Waals surface area contributed by atoms with Gasteiger partial charge in [0.25, 0.3) is 5.91 Å². The average Bonchev–Trinajstić information content (AvgIpc) is 2.35. The maximum Gasteiger partial charge on any atom is 0.277 e. The van der Waals surface area contributed by atoms with E-state index in [2.05, 4.69) is 4.74 Å². The normalized spacial score (nSPS) is 16.9. The maximum absolute atomic E-state index is 11.9. The first-order chi connectivity index (χ1) is 9.93. The molecule has 0 fully saturated rings. The average molecular weight is 231 g/mol. The molecule has 1 amide bonds. The smallest absolute Gasteiger partial charge is 0.277 e. The first-order valence-electron chi connectivity index (χ1n) is 7.27. The molecule has 0 spiro atoms. The zero-order chi connectivity index (χ0) is 17.1. The fourth-order valence-corrected chi connectivity index (χ4v) is 1.07. The van der Waals surface area contributed by atoms with Crippen molar-refractivity contribution < 1.29 is 27.3 Å². The molecule has 5 heteroatoms. The third-order valence-corrected chi connectivity index (χ3v) is 1.97. The van der Waals surface area contributed by atoms with Crippen molar-refractivity contribution in [2.75, 3.05) is 28.2 Å². The molecule has 0 aromatic heterocycles. The van der Waals surface area contributed by atoms with Crippen LogP contribution < -0.4 is 9.47 Å². The summed E-state index contributed by atoms with van der Waals surface area (Å²) in [6.07, 6.45) is 0. The standard InChI is InChI=1S/C11H15NO4/c1-12(16-4)11(13)8-5-6-9(14-2)10(7-8)15-3/h5-7H,1-4H3/i2D3,3D3. The second-order valence-corrected chi connectivity index (χ2v) is 2.85. The van der Waals surface area contributed by atoms with Gasteiger partial charge in [-0.3, -0.25) is 9.63 Å². The van der Waals surface area contributed by atoms with Crippen LogP contribution in [0.25, 0.3) is 0 Å². The molecule has 0 atom stereocenters. The predicted octanol–water partition coefficient (Wildman–Crippen LogP) is 1.34. The Kier molecular flexibility index (Phi) is 2.05. The minimum absolute atomic E-state index is 0.0430. The van der Waals surface area contributed by atoms with E-state index in [-0.39, 0.29) is 17.1 Å². The Labute approximate surface area is 103 Å². The van der Waals surface area contributed by atoms with E-state index in [1.54, 1.807) is 0 Å². The first-order valence-corrected chi connectivity index (χ1v) is 4.27. The van der Waals surface area contributed by atoms with Gasteiger partial charge in [-0.25, -0.2) is 5.06 Å². The molecule has 5 nitrogen and oxygen atoms in total. The Morgan fingerprint density at radius 3 is 2.62 bits per heavy atom. The molecule has 0 heterocycles. The van der Waals surface area contributed by atoms with Gasteiger partial charge in [0.15, 0.2) is 11.5 Å². The number of amides is 1. The van der Waals surface area contributed by atoms with E-state index >= 15 is 0 Å². The van der Waals surface area contributed by atoms with Crippen LogP contribution in [0, 0.1) is 0 Å². The fraction of sp³-hybridized carbons (Fsp3) is 0.364. The van der Waals surface area contributed by atoms with E-state index in [4.69, 9.17) is 17.8 Å². The van der Waals surface area contributed by atoms with E-state index in [0.717, 1.165) is 17.2 Å². The van der Waals surface area contributed by atoms with Gasteiger partial charge in [0, 0.05) is 12.6 Å². The van der Waals surface area contributed by atoms with Crippen LogP contribution in [-0.2, 0) is 4.84 Å². The van der Waals surface area contributed by atoms with Crippen molar-refractivity contribution in [2.24, 2.45) is 0 Å². The van der Waals surface area contributed by atoms with Gasteiger partial charge in [0.05, 0.1) is 29.4 Å². The van der Waals surface area contributed by atoms with Gasteiger partial charge in [-0.1, -0.05) is 0 Å². The summed E-state index contributed by atoms with van der Waals surface area (Å²) in [5.74, 6) is -1.27. The Hall–Kier alpha value is -1.75. The maximum atomic E-state index is 11.9. The third kappa shape index (κ3) is 2.43. The minimum Gasteiger partial charge on any atom is -0.493 e. The van der Waals surface area contributed by atoms with E-state index in [1.807, 2.05) is 0 Å². The lowest BCUT2D eigenvalue weighted by molar-refractivity contribution is -0.0757. The van der Waals surface area contributed by atoms with Gasteiger partial charge >= 0.3 is 0 Å². The van der Waals surface area contributed by atoms with Crippen molar-refractivity contribution in [3.8, 4) is 11.5 Å². The predicted molar refractivity (Wildman–Crippen MR) is 58.6 cm³/mol. The number of carbonyl (C=O) groups is 1. The number of hydrogen-bond acceptors (Lipinski definition) is 4. The zero-order valence-electron chi connectivity index (χ0n) is 14.8. The lowest BCUT2D eigenvalue weighted by Gasteiger charge is -2.14. The largest absolute Gasteiger partial charge is 0.493 e. The number of benzene rings is 1. The molecule has 0 bridgehead atoms. The molecule has 16 heavy (non-hydrogen) atoms. The second-order valence-electron chi connectivity index (χ2n) is 2.85. The summed E-state index contributed by atoms with van der Waals surface area (Å²) in [6, 6.07) is 3.49. The highest BCUT2D eigenvalue weighted by Gasteiger charge is 2.14. The van der Waals surface area contributed by atoms with Gasteiger partial charge in [-0.15, -0.1) is 0 Å². The summed E-state index contributed by atoms with van der Waals surface area (Å²) in [5, 5.41) is 0.915. The van der Waals surface area contributed by atoms with E-state index in [0.29, 0.717) is 0 Å². The molecule has 0 aliphatic rings. The van der Waals surface area contributed by atoms with Gasteiger partial charge in [-0.05, 0) is 18.2 Å². The number of hydroxylamine groups is 2. The van der Waals surface area contributed by atoms with Gasteiger partial charge < -0.3 is 9.47 Å². The lowest BCUT2D eigenvalue weighted by Crippen LogP contribution is -2.25. The SMILES string of the molecule is [2H]C([2H])([2H])Oc1ccc(C(=O)N(C)OC)cc1OC([2H])([2H])[2H]. The number of carbonyl (C=O) groups excluding carboxylic acids is 1. The van der Waals surface area contributed by atoms with E-state index < -0.39 is 20.0 Å². The third-order valence-electron chi connectivity index (χ3n) is 1.97. The highest BCUT2D eigenvalue weighted by molar-refractivity contribution is 5.94. The Morgan fingerprint density at radius 1 is 1.31 bits per heavy atom. The summed E-state index contributed by atoms with van der Waals surface area (Å²) >= 11 is 0. The molecule has 1 aromatic rings. The molecule has 0 aliphatic heterocycles. The fourth-order valence-electron chi connectivity index (χ4n) is 1.07. The van der Waals surface area contributed by atoms with Crippen LogP contribution in [0.5, 0.6) is 11.5 Å². The number of ether oxygens (including phenoxy) is 2. The van der Waals surface area contributed by atoms with Crippen molar-refractivity contribution in [2.45, 2.75) is 0 Å². The van der Waals surface area contributed by atoms with Crippen LogP contribution in [0.1, 0.15) is 18.6 Å². The highest BCUT2D eigenvalue weighted by Crippen LogP contribution is 2.27. The molecule has 0 saturated carbocycles. The Morgan fingerprint density at radius 2 is 2.00 bits per heavy atom. The van der Waals surface area contributed by atoms with Gasteiger partial charge in [0.2, 0.25) is 0 Å². The second kappa shape index (κ2) is 5.37. The highest BCUT2D eigenvalue weighted by atomic mass is 16.7. The van der Waals surface area contributed by atoms with Crippen molar-refractivity contribution in [1.29, 1.82) is 0 Å². The van der Waals surface area contributed by atoms with Gasteiger partial charge in [0.1, 0.15) is 0 Å². The first kappa shape index (κ1) is 6.10. The van der Waals surface area contributed by atoms with Crippen LogP contribution in [-0.4, -0.2) is 39.2 Å². The molecule has 0 saturated heterocycles. The molecule has 88 valence electrons. The quantitative estimate of drug-likeness (QED) is 0.734. The number of rotatable bonds is 4. The Balaban J connectivity index is 3.22. The van der Waals surface area contributed by atoms with Crippen molar-refractivity contribution in [3.05, 3.63) is 23.8 Å². The molecule has 0 aliphatic carbocycles. The van der Waals surface area contributed by atoms with Crippen LogP contribution in [0.3, 0.4) is 0 Å². The molecule has 0 unspecified atom stereocenters.